The molecule has 0 aliphatic carbocycles. The van der Waals surface area contributed by atoms with Gasteiger partial charge >= 0.3 is 0 Å². The molecule has 0 amide bonds. The zero-order valence-corrected chi connectivity index (χ0v) is 10.9. The van der Waals surface area contributed by atoms with Gasteiger partial charge < -0.3 is 19.5 Å². The van der Waals surface area contributed by atoms with E-state index in [2.05, 4.69) is 12.2 Å². The van der Waals surface area contributed by atoms with Crippen LogP contribution >= 0.6 is 0 Å². The van der Waals surface area contributed by atoms with Crippen LogP contribution < -0.4 is 14.8 Å². The summed E-state index contributed by atoms with van der Waals surface area (Å²) in [5.74, 6) is 1.64. The number of nitrogens with one attached hydrogen (secondary N) is 1. The second kappa shape index (κ2) is 7.14. The van der Waals surface area contributed by atoms with Crippen LogP contribution in [0.2, 0.25) is 0 Å². The number of rotatable bonds is 7. The lowest BCUT2D eigenvalue weighted by Crippen LogP contribution is -2.29. The van der Waals surface area contributed by atoms with Gasteiger partial charge in [0.1, 0.15) is 11.5 Å². The molecule has 0 saturated heterocycles. The highest BCUT2D eigenvalue weighted by atomic mass is 16.5. The minimum Gasteiger partial charge on any atom is -0.497 e. The number of ether oxygens (including phenoxy) is 3. The van der Waals surface area contributed by atoms with Crippen molar-refractivity contribution < 1.29 is 14.2 Å². The molecule has 1 rings (SSSR count). The summed E-state index contributed by atoms with van der Waals surface area (Å²) in [7, 11) is 5.01. The summed E-state index contributed by atoms with van der Waals surface area (Å²) in [4.78, 5) is 0. The predicted octanol–water partition coefficient (Wildman–Crippen LogP) is 1.83. The predicted molar refractivity (Wildman–Crippen MR) is 67.7 cm³/mol. The maximum absolute atomic E-state index is 5.33. The van der Waals surface area contributed by atoms with Gasteiger partial charge in [-0.15, -0.1) is 0 Å². The normalized spacial score (nSPS) is 12.2. The molecule has 0 radical (unpaired) electrons. The van der Waals surface area contributed by atoms with E-state index in [4.69, 9.17) is 14.2 Å². The molecule has 1 N–H and O–H groups in total. The van der Waals surface area contributed by atoms with E-state index in [1.54, 1.807) is 21.3 Å². The summed E-state index contributed by atoms with van der Waals surface area (Å²) in [6.07, 6.45) is 0. The topological polar surface area (TPSA) is 39.7 Å². The third kappa shape index (κ3) is 4.24. The Morgan fingerprint density at radius 3 is 2.53 bits per heavy atom. The standard InChI is InChI=1S/C13H21NO3/c1-10(9-15-2)14-8-11-5-6-12(16-3)7-13(11)17-4/h5-7,10,14H,8-9H2,1-4H3. The molecule has 0 saturated carbocycles. The molecular weight excluding hydrogens is 218 g/mol. The van der Waals surface area contributed by atoms with E-state index in [0.717, 1.165) is 23.6 Å². The third-order valence-corrected chi connectivity index (χ3v) is 2.55. The minimum absolute atomic E-state index is 0.312. The van der Waals surface area contributed by atoms with E-state index < -0.39 is 0 Å². The average Bonchev–Trinajstić information content (AvgIpc) is 2.36. The van der Waals surface area contributed by atoms with Crippen molar-refractivity contribution in [3.8, 4) is 11.5 Å². The summed E-state index contributed by atoms with van der Waals surface area (Å²) >= 11 is 0. The monoisotopic (exact) mass is 239 g/mol. The first-order valence-corrected chi connectivity index (χ1v) is 5.64. The van der Waals surface area contributed by atoms with Crippen molar-refractivity contribution in [2.45, 2.75) is 19.5 Å². The van der Waals surface area contributed by atoms with E-state index in [9.17, 15) is 0 Å². The smallest absolute Gasteiger partial charge is 0.127 e. The summed E-state index contributed by atoms with van der Waals surface area (Å²) < 4.78 is 15.6. The number of hydrogen-bond donors (Lipinski definition) is 1. The molecule has 4 heteroatoms. The maximum Gasteiger partial charge on any atom is 0.127 e. The molecule has 0 aliphatic rings. The average molecular weight is 239 g/mol. The van der Waals surface area contributed by atoms with E-state index in [-0.39, 0.29) is 0 Å². The van der Waals surface area contributed by atoms with Crippen molar-refractivity contribution in [2.75, 3.05) is 27.9 Å². The highest BCUT2D eigenvalue weighted by Gasteiger charge is 2.06. The molecule has 0 aliphatic heterocycles. The van der Waals surface area contributed by atoms with Gasteiger partial charge in [-0.2, -0.15) is 0 Å². The van der Waals surface area contributed by atoms with Crippen molar-refractivity contribution in [1.29, 1.82) is 0 Å². The second-order valence-corrected chi connectivity index (χ2v) is 3.92. The largest absolute Gasteiger partial charge is 0.497 e. The van der Waals surface area contributed by atoms with Crippen molar-refractivity contribution >= 4 is 0 Å². The summed E-state index contributed by atoms with van der Waals surface area (Å²) in [5, 5.41) is 3.37. The Balaban J connectivity index is 2.63. The number of hydrogen-bond acceptors (Lipinski definition) is 4. The van der Waals surface area contributed by atoms with Crippen molar-refractivity contribution in [2.24, 2.45) is 0 Å². The van der Waals surface area contributed by atoms with Crippen molar-refractivity contribution in [3.05, 3.63) is 23.8 Å². The maximum atomic E-state index is 5.33. The fourth-order valence-electron chi connectivity index (χ4n) is 1.59. The summed E-state index contributed by atoms with van der Waals surface area (Å²) in [5.41, 5.74) is 1.11. The van der Waals surface area contributed by atoms with Gasteiger partial charge in [-0.05, 0) is 13.0 Å². The van der Waals surface area contributed by atoms with E-state index in [1.807, 2.05) is 18.2 Å². The number of methoxy groups -OCH3 is 3. The van der Waals surface area contributed by atoms with E-state index in [1.165, 1.54) is 0 Å². The van der Waals surface area contributed by atoms with Crippen LogP contribution in [-0.2, 0) is 11.3 Å². The van der Waals surface area contributed by atoms with E-state index >= 15 is 0 Å². The quantitative estimate of drug-likeness (QED) is 0.788. The Morgan fingerprint density at radius 1 is 1.18 bits per heavy atom. The molecule has 1 aromatic rings. The Kier molecular flexibility index (Phi) is 5.80. The molecule has 17 heavy (non-hydrogen) atoms. The minimum atomic E-state index is 0.312. The van der Waals surface area contributed by atoms with Crippen molar-refractivity contribution in [3.63, 3.8) is 0 Å². The van der Waals surface area contributed by atoms with Gasteiger partial charge in [0, 0.05) is 31.3 Å². The zero-order chi connectivity index (χ0) is 12.7. The molecule has 0 spiro atoms. The molecule has 1 atom stereocenters. The van der Waals surface area contributed by atoms with Gasteiger partial charge in [0.2, 0.25) is 0 Å². The van der Waals surface area contributed by atoms with Gasteiger partial charge in [0.05, 0.1) is 20.8 Å². The lowest BCUT2D eigenvalue weighted by atomic mass is 10.2. The molecule has 0 aromatic heterocycles. The first kappa shape index (κ1) is 13.8. The molecule has 4 nitrogen and oxygen atoms in total. The van der Waals surface area contributed by atoms with Gasteiger partial charge in [0.15, 0.2) is 0 Å². The molecule has 0 fully saturated rings. The first-order chi connectivity index (χ1) is 8.21. The van der Waals surface area contributed by atoms with Crippen LogP contribution in [0, 0.1) is 0 Å². The molecule has 0 bridgehead atoms. The highest BCUT2D eigenvalue weighted by molar-refractivity contribution is 5.40. The van der Waals surface area contributed by atoms with Crippen molar-refractivity contribution in [1.82, 2.24) is 5.32 Å². The molecular formula is C13H21NO3. The van der Waals surface area contributed by atoms with Crippen LogP contribution in [0.15, 0.2) is 18.2 Å². The Hall–Kier alpha value is -1.26. The summed E-state index contributed by atoms with van der Waals surface area (Å²) in [6, 6.07) is 6.13. The Morgan fingerprint density at radius 2 is 1.94 bits per heavy atom. The van der Waals surface area contributed by atoms with Crippen LogP contribution in [0.4, 0.5) is 0 Å². The highest BCUT2D eigenvalue weighted by Crippen LogP contribution is 2.24. The fraction of sp³-hybridized carbons (Fsp3) is 0.538. The molecule has 1 unspecified atom stereocenters. The van der Waals surface area contributed by atoms with Gasteiger partial charge in [-0.25, -0.2) is 0 Å². The second-order valence-electron chi connectivity index (χ2n) is 3.92. The fourth-order valence-corrected chi connectivity index (χ4v) is 1.59. The van der Waals surface area contributed by atoms with Crippen LogP contribution in [0.1, 0.15) is 12.5 Å². The lowest BCUT2D eigenvalue weighted by Gasteiger charge is -2.15. The molecule has 1 aromatic carbocycles. The Labute approximate surface area is 103 Å². The third-order valence-electron chi connectivity index (χ3n) is 2.55. The lowest BCUT2D eigenvalue weighted by molar-refractivity contribution is 0.171. The van der Waals surface area contributed by atoms with Crippen LogP contribution in [0.5, 0.6) is 11.5 Å². The first-order valence-electron chi connectivity index (χ1n) is 5.64. The molecule has 96 valence electrons. The van der Waals surface area contributed by atoms with Gasteiger partial charge in [0.25, 0.3) is 0 Å². The number of benzene rings is 1. The van der Waals surface area contributed by atoms with Gasteiger partial charge in [-0.1, -0.05) is 6.07 Å². The molecule has 0 heterocycles. The van der Waals surface area contributed by atoms with Gasteiger partial charge in [-0.3, -0.25) is 0 Å². The SMILES string of the molecule is COCC(C)NCc1ccc(OC)cc1OC. The van der Waals surface area contributed by atoms with Crippen LogP contribution in [-0.4, -0.2) is 34.0 Å². The van der Waals surface area contributed by atoms with E-state index in [0.29, 0.717) is 12.6 Å². The zero-order valence-electron chi connectivity index (χ0n) is 10.9. The van der Waals surface area contributed by atoms with Crippen LogP contribution in [0.25, 0.3) is 0 Å². The van der Waals surface area contributed by atoms with Crippen LogP contribution in [0.3, 0.4) is 0 Å². The summed E-state index contributed by atoms with van der Waals surface area (Å²) in [6.45, 7) is 3.52. The Bertz CT molecular complexity index is 341.